The van der Waals surface area contributed by atoms with Crippen molar-refractivity contribution >= 4 is 21.9 Å². The third-order valence-electron chi connectivity index (χ3n) is 3.85. The zero-order chi connectivity index (χ0) is 19.9. The molecule has 8 heteroatoms. The first-order chi connectivity index (χ1) is 12.8. The van der Waals surface area contributed by atoms with Gasteiger partial charge in [0.05, 0.1) is 5.75 Å². The average Bonchev–Trinajstić information content (AvgIpc) is 2.62. The van der Waals surface area contributed by atoms with E-state index in [0.29, 0.717) is 5.56 Å². The van der Waals surface area contributed by atoms with E-state index in [1.165, 1.54) is 6.92 Å². The Bertz CT molecular complexity index is 869. The number of rotatable bonds is 9. The monoisotopic (exact) mass is 390 g/mol. The van der Waals surface area contributed by atoms with Crippen molar-refractivity contribution in [2.45, 2.75) is 31.2 Å². The molecule has 0 saturated carbocycles. The van der Waals surface area contributed by atoms with Gasteiger partial charge in [-0.15, -0.1) is 0 Å². The summed E-state index contributed by atoms with van der Waals surface area (Å²) in [5, 5.41) is 11.3. The number of benzene rings is 2. The lowest BCUT2D eigenvalue weighted by molar-refractivity contribution is -0.141. The molecule has 0 spiro atoms. The van der Waals surface area contributed by atoms with Crippen molar-refractivity contribution in [3.8, 4) is 0 Å². The summed E-state index contributed by atoms with van der Waals surface area (Å²) in [6.07, 6.45) is 0.104. The maximum absolute atomic E-state index is 12.5. The highest BCUT2D eigenvalue weighted by Gasteiger charge is 2.27. The molecule has 0 aromatic heterocycles. The highest BCUT2D eigenvalue weighted by Crippen LogP contribution is 2.09. The van der Waals surface area contributed by atoms with Gasteiger partial charge in [0.1, 0.15) is 12.1 Å². The Kier molecular flexibility index (Phi) is 7.09. The van der Waals surface area contributed by atoms with Crippen LogP contribution in [0.1, 0.15) is 18.1 Å². The molecule has 0 aliphatic carbocycles. The third-order valence-corrected chi connectivity index (χ3v) is 5.21. The number of nitrogens with one attached hydrogen (secondary N) is 2. The first kappa shape index (κ1) is 20.6. The number of carbonyl (C=O) groups is 2. The highest BCUT2D eigenvalue weighted by molar-refractivity contribution is 7.88. The zero-order valence-electron chi connectivity index (χ0n) is 14.8. The van der Waals surface area contributed by atoms with Gasteiger partial charge in [0, 0.05) is 0 Å². The van der Waals surface area contributed by atoms with Gasteiger partial charge in [0.25, 0.3) is 0 Å². The van der Waals surface area contributed by atoms with Crippen molar-refractivity contribution in [1.82, 2.24) is 10.0 Å². The minimum atomic E-state index is -3.81. The van der Waals surface area contributed by atoms with Crippen molar-refractivity contribution in [1.29, 1.82) is 0 Å². The summed E-state index contributed by atoms with van der Waals surface area (Å²) in [4.78, 5) is 23.5. The van der Waals surface area contributed by atoms with E-state index >= 15 is 0 Å². The van der Waals surface area contributed by atoms with Crippen LogP contribution in [0, 0.1) is 0 Å². The van der Waals surface area contributed by atoms with Crippen LogP contribution in [0.15, 0.2) is 60.7 Å². The Morgan fingerprint density at radius 3 is 2.00 bits per heavy atom. The van der Waals surface area contributed by atoms with E-state index in [0.717, 1.165) is 5.56 Å². The predicted octanol–water partition coefficient (Wildman–Crippen LogP) is 1.31. The Morgan fingerprint density at radius 1 is 0.963 bits per heavy atom. The Hall–Kier alpha value is -2.71. The number of hydrogen-bond donors (Lipinski definition) is 3. The number of carboxylic acid groups (broad SMARTS) is 1. The van der Waals surface area contributed by atoms with Crippen LogP contribution in [0.25, 0.3) is 0 Å². The van der Waals surface area contributed by atoms with Crippen LogP contribution in [-0.2, 0) is 31.8 Å². The number of hydrogen-bond acceptors (Lipinski definition) is 4. The smallest absolute Gasteiger partial charge is 0.325 e. The van der Waals surface area contributed by atoms with Gasteiger partial charge < -0.3 is 10.4 Å². The summed E-state index contributed by atoms with van der Waals surface area (Å²) in [6, 6.07) is 15.3. The number of sulfonamides is 1. The van der Waals surface area contributed by atoms with Gasteiger partial charge >= 0.3 is 5.97 Å². The van der Waals surface area contributed by atoms with Gasteiger partial charge in [-0.25, -0.2) is 13.1 Å². The Morgan fingerprint density at radius 2 is 1.48 bits per heavy atom. The van der Waals surface area contributed by atoms with Crippen LogP contribution in [0.3, 0.4) is 0 Å². The van der Waals surface area contributed by atoms with E-state index in [4.69, 9.17) is 5.11 Å². The van der Waals surface area contributed by atoms with Crippen molar-refractivity contribution in [2.75, 3.05) is 0 Å². The topological polar surface area (TPSA) is 113 Å². The third kappa shape index (κ3) is 6.84. The molecular formula is C19H22N2O5S. The molecule has 2 rings (SSSR count). The van der Waals surface area contributed by atoms with Crippen molar-refractivity contribution < 1.29 is 23.1 Å². The molecule has 0 saturated heterocycles. The second-order valence-electron chi connectivity index (χ2n) is 6.17. The van der Waals surface area contributed by atoms with E-state index in [2.05, 4.69) is 10.0 Å². The second kappa shape index (κ2) is 9.29. The van der Waals surface area contributed by atoms with Crippen LogP contribution in [0.5, 0.6) is 0 Å². The molecule has 7 nitrogen and oxygen atoms in total. The van der Waals surface area contributed by atoms with Gasteiger partial charge in [-0.2, -0.15) is 0 Å². The van der Waals surface area contributed by atoms with E-state index in [1.807, 2.05) is 6.07 Å². The van der Waals surface area contributed by atoms with E-state index in [9.17, 15) is 18.0 Å². The van der Waals surface area contributed by atoms with Gasteiger partial charge in [-0.3, -0.25) is 9.59 Å². The van der Waals surface area contributed by atoms with E-state index in [1.54, 1.807) is 54.6 Å². The molecule has 0 aliphatic heterocycles. The summed E-state index contributed by atoms with van der Waals surface area (Å²) in [5.74, 6) is -2.17. The molecular weight excluding hydrogens is 368 g/mol. The summed E-state index contributed by atoms with van der Waals surface area (Å²) in [5.41, 5.74) is 1.34. The first-order valence-corrected chi connectivity index (χ1v) is 10.0. The fourth-order valence-corrected chi connectivity index (χ4v) is 3.80. The molecule has 1 amide bonds. The first-order valence-electron chi connectivity index (χ1n) is 8.38. The summed E-state index contributed by atoms with van der Waals surface area (Å²) in [6.45, 7) is 1.32. The summed E-state index contributed by atoms with van der Waals surface area (Å²) in [7, 11) is -3.81. The van der Waals surface area contributed by atoms with Crippen LogP contribution in [0.4, 0.5) is 0 Å². The maximum Gasteiger partial charge on any atom is 0.325 e. The van der Waals surface area contributed by atoms with Crippen molar-refractivity contribution in [3.63, 3.8) is 0 Å². The van der Waals surface area contributed by atoms with Crippen LogP contribution in [0.2, 0.25) is 0 Å². The van der Waals surface area contributed by atoms with Crippen LogP contribution >= 0.6 is 0 Å². The molecule has 3 N–H and O–H groups in total. The molecule has 2 aromatic carbocycles. The zero-order valence-corrected chi connectivity index (χ0v) is 15.6. The molecule has 0 unspecified atom stereocenters. The lowest BCUT2D eigenvalue weighted by Gasteiger charge is -2.20. The second-order valence-corrected chi connectivity index (χ2v) is 7.93. The number of amides is 1. The van der Waals surface area contributed by atoms with Crippen molar-refractivity contribution in [3.05, 3.63) is 71.8 Å². The standard InChI is InChI=1S/C19H22N2O5S/c1-14(19(23)24)20-18(22)17(12-15-8-4-2-5-9-15)21-27(25,26)13-16-10-6-3-7-11-16/h2-11,14,17,21H,12-13H2,1H3,(H,20,22)(H,23,24)/t14-,17+/m0/s1. The lowest BCUT2D eigenvalue weighted by atomic mass is 10.1. The van der Waals surface area contributed by atoms with Crippen LogP contribution < -0.4 is 10.0 Å². The summed E-state index contributed by atoms with van der Waals surface area (Å²) < 4.78 is 27.4. The SMILES string of the molecule is C[C@H](NC(=O)[C@@H](Cc1ccccc1)NS(=O)(=O)Cc1ccccc1)C(=O)O. The van der Waals surface area contributed by atoms with Gasteiger partial charge in [-0.05, 0) is 24.5 Å². The van der Waals surface area contributed by atoms with E-state index < -0.39 is 34.0 Å². The fraction of sp³-hybridized carbons (Fsp3) is 0.263. The average molecular weight is 390 g/mol. The molecule has 2 atom stereocenters. The molecule has 0 bridgehead atoms. The molecule has 0 heterocycles. The Labute approximate surface area is 158 Å². The van der Waals surface area contributed by atoms with Crippen molar-refractivity contribution in [2.24, 2.45) is 0 Å². The number of carbonyl (C=O) groups excluding carboxylic acids is 1. The fourth-order valence-electron chi connectivity index (χ4n) is 2.47. The Balaban J connectivity index is 2.17. The largest absolute Gasteiger partial charge is 0.480 e. The molecule has 27 heavy (non-hydrogen) atoms. The number of carboxylic acids is 1. The van der Waals surface area contributed by atoms with E-state index in [-0.39, 0.29) is 12.2 Å². The van der Waals surface area contributed by atoms with Gasteiger partial charge in [-0.1, -0.05) is 60.7 Å². The lowest BCUT2D eigenvalue weighted by Crippen LogP contribution is -2.51. The van der Waals surface area contributed by atoms with Gasteiger partial charge in [0.2, 0.25) is 15.9 Å². The highest BCUT2D eigenvalue weighted by atomic mass is 32.2. The minimum Gasteiger partial charge on any atom is -0.480 e. The minimum absolute atomic E-state index is 0.104. The molecule has 0 aliphatic rings. The maximum atomic E-state index is 12.5. The molecule has 144 valence electrons. The summed E-state index contributed by atoms with van der Waals surface area (Å²) >= 11 is 0. The van der Waals surface area contributed by atoms with Crippen LogP contribution in [-0.4, -0.2) is 37.5 Å². The molecule has 2 aromatic rings. The molecule has 0 radical (unpaired) electrons. The predicted molar refractivity (Wildman–Crippen MR) is 101 cm³/mol. The quantitative estimate of drug-likeness (QED) is 0.598. The number of aliphatic carboxylic acids is 1. The van der Waals surface area contributed by atoms with Gasteiger partial charge in [0.15, 0.2) is 0 Å². The molecule has 0 fully saturated rings. The normalized spacial score (nSPS) is 13.5.